The van der Waals surface area contributed by atoms with Gasteiger partial charge in [0.05, 0.1) is 16.7 Å². The minimum absolute atomic E-state index is 0.0779. The molecule has 0 radical (unpaired) electrons. The molecule has 0 saturated carbocycles. The number of thioether (sulfide) groups is 1. The Balaban J connectivity index is 1.64. The average molecular weight is 418 g/mol. The number of rotatable bonds is 5. The molecule has 0 unspecified atom stereocenters. The van der Waals surface area contributed by atoms with Crippen LogP contribution in [0.25, 0.3) is 21.7 Å². The number of anilines is 1. The third-order valence-electron chi connectivity index (χ3n) is 5.18. The SMILES string of the molecule is CCn1c(SCC(=O)Nc2c(C)cccc2C)nc2cc3ccccc3cc2c1=O. The monoisotopic (exact) mass is 417 g/mol. The van der Waals surface area contributed by atoms with Gasteiger partial charge in [-0.25, -0.2) is 4.98 Å². The predicted octanol–water partition coefficient (Wildman–Crippen LogP) is 4.92. The van der Waals surface area contributed by atoms with Crippen LogP contribution in [0.1, 0.15) is 18.1 Å². The number of amides is 1. The maximum absolute atomic E-state index is 13.1. The van der Waals surface area contributed by atoms with E-state index >= 15 is 0 Å². The molecule has 3 aromatic carbocycles. The van der Waals surface area contributed by atoms with Crippen LogP contribution in [-0.2, 0) is 11.3 Å². The highest BCUT2D eigenvalue weighted by Gasteiger charge is 2.14. The molecular formula is C24H23N3O2S. The van der Waals surface area contributed by atoms with Gasteiger partial charge in [0.2, 0.25) is 5.91 Å². The summed E-state index contributed by atoms with van der Waals surface area (Å²) >= 11 is 1.28. The zero-order chi connectivity index (χ0) is 21.3. The molecule has 152 valence electrons. The number of hydrogen-bond donors (Lipinski definition) is 1. The van der Waals surface area contributed by atoms with Gasteiger partial charge in [-0.05, 0) is 54.8 Å². The van der Waals surface area contributed by atoms with E-state index in [1.54, 1.807) is 4.57 Å². The lowest BCUT2D eigenvalue weighted by atomic mass is 10.1. The number of benzene rings is 3. The van der Waals surface area contributed by atoms with Gasteiger partial charge in [0, 0.05) is 12.2 Å². The zero-order valence-electron chi connectivity index (χ0n) is 17.2. The van der Waals surface area contributed by atoms with E-state index in [0.29, 0.717) is 22.6 Å². The van der Waals surface area contributed by atoms with Gasteiger partial charge < -0.3 is 5.32 Å². The van der Waals surface area contributed by atoms with E-state index in [0.717, 1.165) is 27.6 Å². The molecular weight excluding hydrogens is 394 g/mol. The minimum Gasteiger partial charge on any atom is -0.325 e. The maximum Gasteiger partial charge on any atom is 0.262 e. The summed E-state index contributed by atoms with van der Waals surface area (Å²) in [6, 6.07) is 17.7. The summed E-state index contributed by atoms with van der Waals surface area (Å²) in [6.45, 7) is 6.35. The summed E-state index contributed by atoms with van der Waals surface area (Å²) in [5.74, 6) is 0.0622. The molecule has 1 heterocycles. The Bertz CT molecular complexity index is 1310. The molecule has 0 saturated heterocycles. The molecule has 1 aromatic heterocycles. The minimum atomic E-state index is -0.118. The summed E-state index contributed by atoms with van der Waals surface area (Å²) in [5.41, 5.74) is 3.46. The Labute approximate surface area is 179 Å². The molecule has 6 heteroatoms. The van der Waals surface area contributed by atoms with Crippen molar-refractivity contribution in [2.24, 2.45) is 0 Å². The first-order valence-corrected chi connectivity index (χ1v) is 10.9. The van der Waals surface area contributed by atoms with Gasteiger partial charge in [0.15, 0.2) is 5.16 Å². The maximum atomic E-state index is 13.1. The molecule has 0 fully saturated rings. The number of fused-ring (bicyclic) bond motifs is 2. The zero-order valence-corrected chi connectivity index (χ0v) is 18.0. The molecule has 1 N–H and O–H groups in total. The van der Waals surface area contributed by atoms with Crippen LogP contribution in [0.2, 0.25) is 0 Å². The van der Waals surface area contributed by atoms with E-state index in [-0.39, 0.29) is 17.2 Å². The molecule has 0 aliphatic rings. The van der Waals surface area contributed by atoms with Crippen molar-refractivity contribution >= 4 is 45.0 Å². The molecule has 4 aromatic rings. The number of para-hydroxylation sites is 1. The van der Waals surface area contributed by atoms with E-state index < -0.39 is 0 Å². The van der Waals surface area contributed by atoms with Gasteiger partial charge in [0.25, 0.3) is 5.56 Å². The Hall–Kier alpha value is -3.12. The molecule has 5 nitrogen and oxygen atoms in total. The Morgan fingerprint density at radius 2 is 1.70 bits per heavy atom. The Morgan fingerprint density at radius 1 is 1.03 bits per heavy atom. The second-order valence-electron chi connectivity index (χ2n) is 7.26. The van der Waals surface area contributed by atoms with E-state index in [9.17, 15) is 9.59 Å². The topological polar surface area (TPSA) is 64.0 Å². The van der Waals surface area contributed by atoms with Crippen LogP contribution in [0.3, 0.4) is 0 Å². The van der Waals surface area contributed by atoms with E-state index in [1.165, 1.54) is 11.8 Å². The number of hydrogen-bond acceptors (Lipinski definition) is 4. The van der Waals surface area contributed by atoms with Crippen LogP contribution in [0.15, 0.2) is 64.5 Å². The molecule has 4 rings (SSSR count). The highest BCUT2D eigenvalue weighted by Crippen LogP contribution is 2.24. The van der Waals surface area contributed by atoms with Crippen LogP contribution >= 0.6 is 11.8 Å². The highest BCUT2D eigenvalue weighted by molar-refractivity contribution is 7.99. The molecule has 0 aliphatic heterocycles. The molecule has 0 bridgehead atoms. The normalized spacial score (nSPS) is 11.2. The second-order valence-corrected chi connectivity index (χ2v) is 8.21. The summed E-state index contributed by atoms with van der Waals surface area (Å²) in [7, 11) is 0. The average Bonchev–Trinajstić information content (AvgIpc) is 2.74. The summed E-state index contributed by atoms with van der Waals surface area (Å²) in [4.78, 5) is 30.3. The quantitative estimate of drug-likeness (QED) is 0.284. The first-order chi connectivity index (χ1) is 14.5. The van der Waals surface area contributed by atoms with Gasteiger partial charge in [-0.15, -0.1) is 0 Å². The number of aromatic nitrogens is 2. The lowest BCUT2D eigenvalue weighted by Gasteiger charge is -2.13. The standard InChI is InChI=1S/C24H23N3O2S/c1-4-27-23(29)19-12-17-10-5-6-11-18(17)13-20(19)25-24(27)30-14-21(28)26-22-15(2)8-7-9-16(22)3/h5-13H,4,14H2,1-3H3,(H,26,28). The summed E-state index contributed by atoms with van der Waals surface area (Å²) < 4.78 is 1.63. The largest absolute Gasteiger partial charge is 0.325 e. The van der Waals surface area contributed by atoms with E-state index in [4.69, 9.17) is 4.98 Å². The van der Waals surface area contributed by atoms with Crippen molar-refractivity contribution in [3.63, 3.8) is 0 Å². The van der Waals surface area contributed by atoms with Crippen molar-refractivity contribution in [3.8, 4) is 0 Å². The lowest BCUT2D eigenvalue weighted by molar-refractivity contribution is -0.113. The Kier molecular flexibility index (Phi) is 5.59. The molecule has 0 aliphatic carbocycles. The number of nitrogens with one attached hydrogen (secondary N) is 1. The highest BCUT2D eigenvalue weighted by atomic mass is 32.2. The third kappa shape index (κ3) is 3.83. The van der Waals surface area contributed by atoms with Crippen molar-refractivity contribution in [1.29, 1.82) is 0 Å². The van der Waals surface area contributed by atoms with Gasteiger partial charge in [0.1, 0.15) is 0 Å². The van der Waals surface area contributed by atoms with Crippen LogP contribution in [-0.4, -0.2) is 21.2 Å². The molecule has 30 heavy (non-hydrogen) atoms. The van der Waals surface area contributed by atoms with Crippen molar-refractivity contribution in [2.75, 3.05) is 11.1 Å². The Morgan fingerprint density at radius 3 is 2.37 bits per heavy atom. The number of nitrogens with zero attached hydrogens (tertiary/aromatic N) is 2. The van der Waals surface area contributed by atoms with Crippen molar-refractivity contribution in [2.45, 2.75) is 32.5 Å². The number of aryl methyl sites for hydroxylation is 2. The van der Waals surface area contributed by atoms with Crippen LogP contribution in [0, 0.1) is 13.8 Å². The van der Waals surface area contributed by atoms with E-state index in [1.807, 2.05) is 75.4 Å². The van der Waals surface area contributed by atoms with E-state index in [2.05, 4.69) is 5.32 Å². The van der Waals surface area contributed by atoms with Gasteiger partial charge in [-0.1, -0.05) is 54.2 Å². The molecule has 1 amide bonds. The second kappa shape index (κ2) is 8.32. The number of carbonyl (C=O) groups is 1. The number of carbonyl (C=O) groups excluding carboxylic acids is 1. The fourth-order valence-corrected chi connectivity index (χ4v) is 4.46. The third-order valence-corrected chi connectivity index (χ3v) is 6.16. The van der Waals surface area contributed by atoms with Crippen molar-refractivity contribution in [1.82, 2.24) is 9.55 Å². The fraction of sp³-hybridized carbons (Fsp3) is 0.208. The van der Waals surface area contributed by atoms with Gasteiger partial charge in [-0.3, -0.25) is 14.2 Å². The first kappa shape index (κ1) is 20.2. The van der Waals surface area contributed by atoms with Crippen molar-refractivity contribution < 1.29 is 4.79 Å². The molecule has 0 atom stereocenters. The van der Waals surface area contributed by atoms with Crippen LogP contribution < -0.4 is 10.9 Å². The molecule has 0 spiro atoms. The lowest BCUT2D eigenvalue weighted by Crippen LogP contribution is -2.23. The van der Waals surface area contributed by atoms with Gasteiger partial charge >= 0.3 is 0 Å². The van der Waals surface area contributed by atoms with Crippen molar-refractivity contribution in [3.05, 3.63) is 76.1 Å². The summed E-state index contributed by atoms with van der Waals surface area (Å²) in [6.07, 6.45) is 0. The van der Waals surface area contributed by atoms with Crippen LogP contribution in [0.4, 0.5) is 5.69 Å². The fourth-order valence-electron chi connectivity index (χ4n) is 3.59. The predicted molar refractivity (Wildman–Crippen MR) is 124 cm³/mol. The van der Waals surface area contributed by atoms with Crippen LogP contribution in [0.5, 0.6) is 0 Å². The summed E-state index contributed by atoms with van der Waals surface area (Å²) in [5, 5.41) is 6.19. The van der Waals surface area contributed by atoms with Gasteiger partial charge in [-0.2, -0.15) is 0 Å². The first-order valence-electron chi connectivity index (χ1n) is 9.90. The smallest absolute Gasteiger partial charge is 0.262 e.